The van der Waals surface area contributed by atoms with Gasteiger partial charge in [0.15, 0.2) is 11.6 Å². The number of rotatable bonds is 9. The molecule has 1 aromatic heterocycles. The first kappa shape index (κ1) is 29.1. The molecular formula is C24H26Cl2FN3O6. The molecule has 0 unspecified atom stereocenters. The van der Waals surface area contributed by atoms with Gasteiger partial charge >= 0.3 is 0 Å². The molecule has 0 fully saturated rings. The molecular weight excluding hydrogens is 516 g/mol. The molecule has 36 heavy (non-hydrogen) atoms. The zero-order valence-electron chi connectivity index (χ0n) is 18.6. The van der Waals surface area contributed by atoms with E-state index >= 15 is 0 Å². The summed E-state index contributed by atoms with van der Waals surface area (Å²) in [4.78, 5) is 13.9. The predicted octanol–water partition coefficient (Wildman–Crippen LogP) is 6.20. The topological polar surface area (TPSA) is 138 Å². The molecule has 3 aromatic rings. The lowest BCUT2D eigenvalue weighted by molar-refractivity contribution is -0.384. The Morgan fingerprint density at radius 3 is 2.36 bits per heavy atom. The average Bonchev–Trinajstić information content (AvgIpc) is 2.83. The molecule has 3 rings (SSSR count). The highest BCUT2D eigenvalue weighted by Gasteiger charge is 2.26. The van der Waals surface area contributed by atoms with Crippen LogP contribution in [-0.4, -0.2) is 37.9 Å². The minimum Gasteiger partial charge on any atom is -0.508 e. The molecule has 0 spiro atoms. The summed E-state index contributed by atoms with van der Waals surface area (Å²) < 4.78 is 20.3. The second kappa shape index (κ2) is 12.2. The van der Waals surface area contributed by atoms with E-state index in [4.69, 9.17) is 27.9 Å². The number of nitro groups is 1. The van der Waals surface area contributed by atoms with Crippen LogP contribution in [0.4, 0.5) is 15.9 Å². The summed E-state index contributed by atoms with van der Waals surface area (Å²) in [5, 5.41) is 43.3. The highest BCUT2D eigenvalue weighted by atomic mass is 35.5. The summed E-state index contributed by atoms with van der Waals surface area (Å²) in [6, 6.07) is 8.39. The molecule has 9 nitrogen and oxygen atoms in total. The summed E-state index contributed by atoms with van der Waals surface area (Å²) in [7, 11) is 0. The lowest BCUT2D eigenvalue weighted by atomic mass is 10.0. The molecule has 0 radical (unpaired) electrons. The Balaban J connectivity index is 0.00000456. The third kappa shape index (κ3) is 6.33. The minimum absolute atomic E-state index is 0. The van der Waals surface area contributed by atoms with Crippen molar-refractivity contribution in [1.82, 2.24) is 4.98 Å². The number of non-ortho nitro benzene ring substituents is 1. The largest absolute Gasteiger partial charge is 0.508 e. The van der Waals surface area contributed by atoms with Gasteiger partial charge in [-0.15, -0.1) is 0 Å². The number of nitrogens with zero attached hydrogens (tertiary/aromatic N) is 2. The maximum atomic E-state index is 14.5. The van der Waals surface area contributed by atoms with Crippen LogP contribution in [0.3, 0.4) is 0 Å². The van der Waals surface area contributed by atoms with E-state index in [1.807, 2.05) is 13.8 Å². The van der Waals surface area contributed by atoms with Crippen LogP contribution < -0.4 is 10.1 Å². The standard InChI is InChI=1S/C23H22Cl2FN3O6.CH4/c1-11(2)15-9-14(7-8-17(15)31)35-21-18(24)22(26)28-23(19(21)25)27-16(10-30)20(32)12-3-5-13(6-4-12)29(33)34;/h3-9,11,16,20,30-32H,10H2,1-2H3,(H,27,28);1H4/t16-,20+;/m1./s1. The van der Waals surface area contributed by atoms with E-state index in [0.29, 0.717) is 5.56 Å². The number of aromatic hydroxyl groups is 1. The highest BCUT2D eigenvalue weighted by Crippen LogP contribution is 2.42. The first-order valence-electron chi connectivity index (χ1n) is 10.4. The number of aliphatic hydroxyl groups excluding tert-OH is 2. The quantitative estimate of drug-likeness (QED) is 0.143. The van der Waals surface area contributed by atoms with Crippen molar-refractivity contribution in [3.63, 3.8) is 0 Å². The monoisotopic (exact) mass is 541 g/mol. The average molecular weight is 542 g/mol. The SMILES string of the molecule is C.CC(C)c1cc(Oc2c(Cl)c(F)nc(N[C@H](CO)[C@@H](O)c3ccc([N+](=O)[O-])cc3)c2Cl)ccc1O. The summed E-state index contributed by atoms with van der Waals surface area (Å²) in [6.07, 6.45) is -1.35. The van der Waals surface area contributed by atoms with Crippen molar-refractivity contribution in [2.45, 2.75) is 39.3 Å². The molecule has 0 bridgehead atoms. The van der Waals surface area contributed by atoms with E-state index in [1.165, 1.54) is 36.4 Å². The van der Waals surface area contributed by atoms with E-state index in [2.05, 4.69) is 10.3 Å². The second-order valence-electron chi connectivity index (χ2n) is 7.91. The van der Waals surface area contributed by atoms with Gasteiger partial charge in [-0.25, -0.2) is 0 Å². The predicted molar refractivity (Wildman–Crippen MR) is 136 cm³/mol. The van der Waals surface area contributed by atoms with Crippen LogP contribution in [0.5, 0.6) is 17.2 Å². The number of ether oxygens (including phenoxy) is 1. The Bertz CT molecular complexity index is 1230. The Morgan fingerprint density at radius 1 is 1.17 bits per heavy atom. The van der Waals surface area contributed by atoms with Crippen molar-refractivity contribution >= 4 is 34.7 Å². The fraction of sp³-hybridized carbons (Fsp3) is 0.292. The van der Waals surface area contributed by atoms with Gasteiger partial charge in [-0.2, -0.15) is 9.37 Å². The Kier molecular flexibility index (Phi) is 9.83. The normalized spacial score (nSPS) is 12.6. The molecule has 1 heterocycles. The Hall–Kier alpha value is -3.18. The molecule has 2 atom stereocenters. The first-order chi connectivity index (χ1) is 16.5. The smallest absolute Gasteiger partial charge is 0.269 e. The van der Waals surface area contributed by atoms with Crippen LogP contribution in [0.1, 0.15) is 44.4 Å². The third-order valence-corrected chi connectivity index (χ3v) is 5.86. The van der Waals surface area contributed by atoms with E-state index in [1.54, 1.807) is 6.07 Å². The number of pyridine rings is 1. The van der Waals surface area contributed by atoms with Gasteiger partial charge in [-0.1, -0.05) is 44.5 Å². The summed E-state index contributed by atoms with van der Waals surface area (Å²) in [5.74, 6) is -1.35. The zero-order chi connectivity index (χ0) is 25.9. The zero-order valence-corrected chi connectivity index (χ0v) is 20.1. The molecule has 0 saturated heterocycles. The number of nitrogens with one attached hydrogen (secondary N) is 1. The van der Waals surface area contributed by atoms with E-state index in [-0.39, 0.29) is 52.7 Å². The van der Waals surface area contributed by atoms with Gasteiger partial charge in [0.25, 0.3) is 5.69 Å². The fourth-order valence-corrected chi connectivity index (χ4v) is 3.73. The number of phenols is 1. The molecule has 0 aliphatic rings. The maximum absolute atomic E-state index is 14.5. The number of phenolic OH excluding ortho intramolecular Hbond substituents is 1. The van der Waals surface area contributed by atoms with Gasteiger partial charge in [-0.3, -0.25) is 10.1 Å². The van der Waals surface area contributed by atoms with Crippen molar-refractivity contribution in [2.24, 2.45) is 0 Å². The van der Waals surface area contributed by atoms with E-state index in [9.17, 15) is 29.8 Å². The van der Waals surface area contributed by atoms with Crippen molar-refractivity contribution < 1.29 is 29.4 Å². The summed E-state index contributed by atoms with van der Waals surface area (Å²) in [5.41, 5.74) is 0.680. The van der Waals surface area contributed by atoms with Crippen molar-refractivity contribution in [3.8, 4) is 17.2 Å². The summed E-state index contributed by atoms with van der Waals surface area (Å²) in [6.45, 7) is 3.13. The van der Waals surface area contributed by atoms with Gasteiger partial charge in [0, 0.05) is 17.7 Å². The fourth-order valence-electron chi connectivity index (χ4n) is 3.28. The van der Waals surface area contributed by atoms with Crippen LogP contribution in [0.15, 0.2) is 42.5 Å². The van der Waals surface area contributed by atoms with Gasteiger partial charge in [0.05, 0.1) is 17.6 Å². The number of nitro benzene ring substituents is 1. The molecule has 0 amide bonds. The highest BCUT2D eigenvalue weighted by molar-refractivity contribution is 6.38. The van der Waals surface area contributed by atoms with Gasteiger partial charge in [-0.05, 0) is 41.8 Å². The third-order valence-electron chi connectivity index (χ3n) is 5.18. The molecule has 4 N–H and O–H groups in total. The molecule has 0 aliphatic carbocycles. The number of halogens is 3. The molecule has 0 saturated carbocycles. The Labute approximate surface area is 217 Å². The van der Waals surface area contributed by atoms with Crippen LogP contribution in [-0.2, 0) is 0 Å². The molecule has 0 aliphatic heterocycles. The van der Waals surface area contributed by atoms with Crippen molar-refractivity contribution in [1.29, 1.82) is 0 Å². The van der Waals surface area contributed by atoms with Gasteiger partial charge < -0.3 is 25.4 Å². The second-order valence-corrected chi connectivity index (χ2v) is 8.67. The minimum atomic E-state index is -1.35. The van der Waals surface area contributed by atoms with Crippen LogP contribution in [0.2, 0.25) is 10.0 Å². The lowest BCUT2D eigenvalue weighted by Crippen LogP contribution is -2.32. The first-order valence-corrected chi connectivity index (χ1v) is 11.1. The van der Waals surface area contributed by atoms with Crippen molar-refractivity contribution in [2.75, 3.05) is 11.9 Å². The van der Waals surface area contributed by atoms with Gasteiger partial charge in [0.1, 0.15) is 27.6 Å². The number of benzene rings is 2. The Morgan fingerprint density at radius 2 is 1.81 bits per heavy atom. The molecule has 12 heteroatoms. The number of hydrogen-bond donors (Lipinski definition) is 4. The van der Waals surface area contributed by atoms with Crippen LogP contribution in [0, 0.1) is 16.1 Å². The van der Waals surface area contributed by atoms with Crippen LogP contribution >= 0.6 is 23.2 Å². The summed E-state index contributed by atoms with van der Waals surface area (Å²) >= 11 is 12.4. The number of hydrogen-bond acceptors (Lipinski definition) is 8. The van der Waals surface area contributed by atoms with E-state index < -0.39 is 34.6 Å². The lowest BCUT2D eigenvalue weighted by Gasteiger charge is -2.24. The van der Waals surface area contributed by atoms with E-state index in [0.717, 1.165) is 0 Å². The van der Waals surface area contributed by atoms with Crippen LogP contribution in [0.25, 0.3) is 0 Å². The number of aromatic nitrogens is 1. The molecule has 2 aromatic carbocycles. The maximum Gasteiger partial charge on any atom is 0.269 e. The number of anilines is 1. The van der Waals surface area contributed by atoms with Crippen molar-refractivity contribution in [3.05, 3.63) is 79.7 Å². The molecule has 194 valence electrons. The van der Waals surface area contributed by atoms with Gasteiger partial charge in [0.2, 0.25) is 5.95 Å². The number of aliphatic hydroxyl groups is 2.